The van der Waals surface area contributed by atoms with Crippen LogP contribution in [0.3, 0.4) is 0 Å². The Morgan fingerprint density at radius 1 is 1.26 bits per heavy atom. The van der Waals surface area contributed by atoms with Crippen LogP contribution in [0, 0.1) is 28.6 Å². The number of esters is 3. The summed E-state index contributed by atoms with van der Waals surface area (Å²) >= 11 is 0. The fraction of sp³-hybridized carbons (Fsp3) is 0.652. The molecular formula is C23H26O8. The molecular weight excluding hydrogens is 404 g/mol. The van der Waals surface area contributed by atoms with Crippen molar-refractivity contribution in [3.63, 3.8) is 0 Å². The molecule has 0 amide bonds. The summed E-state index contributed by atoms with van der Waals surface area (Å²) in [6.45, 7) is 8.42. The lowest BCUT2D eigenvalue weighted by atomic mass is 9.61. The highest BCUT2D eigenvalue weighted by Gasteiger charge is 2.84. The van der Waals surface area contributed by atoms with Crippen LogP contribution in [0.2, 0.25) is 0 Å². The molecule has 8 heteroatoms. The average Bonchev–Trinajstić information content (AvgIpc) is 3.07. The first-order valence-corrected chi connectivity index (χ1v) is 10.6. The number of carbonyl (C=O) groups is 4. The summed E-state index contributed by atoms with van der Waals surface area (Å²) in [7, 11) is 0. The molecule has 8 nitrogen and oxygen atoms in total. The van der Waals surface area contributed by atoms with Crippen LogP contribution in [-0.4, -0.2) is 46.3 Å². The first-order chi connectivity index (χ1) is 14.4. The van der Waals surface area contributed by atoms with Gasteiger partial charge in [-0.25, -0.2) is 0 Å². The number of carbonyl (C=O) groups excluding carboxylic acids is 3. The molecule has 0 radical (unpaired) electrons. The number of rotatable bonds is 3. The van der Waals surface area contributed by atoms with Crippen LogP contribution < -0.4 is 0 Å². The summed E-state index contributed by atoms with van der Waals surface area (Å²) in [5.41, 5.74) is -3.33. The molecule has 5 rings (SSSR count). The van der Waals surface area contributed by atoms with E-state index in [1.54, 1.807) is 19.1 Å². The smallest absolute Gasteiger partial charge is 0.317 e. The van der Waals surface area contributed by atoms with Gasteiger partial charge in [-0.1, -0.05) is 6.58 Å². The van der Waals surface area contributed by atoms with Crippen molar-refractivity contribution in [3.05, 3.63) is 24.3 Å². The second-order valence-electron chi connectivity index (χ2n) is 10.1. The molecule has 166 valence electrons. The molecule has 4 fully saturated rings. The summed E-state index contributed by atoms with van der Waals surface area (Å²) < 4.78 is 17.2. The minimum absolute atomic E-state index is 0.255. The lowest BCUT2D eigenvalue weighted by Crippen LogP contribution is -2.52. The predicted octanol–water partition coefficient (Wildman–Crippen LogP) is 2.17. The van der Waals surface area contributed by atoms with Gasteiger partial charge in [-0.15, -0.1) is 0 Å². The first-order valence-electron chi connectivity index (χ1n) is 10.6. The van der Waals surface area contributed by atoms with Gasteiger partial charge in [0.25, 0.3) is 0 Å². The van der Waals surface area contributed by atoms with Gasteiger partial charge < -0.3 is 19.3 Å². The zero-order valence-electron chi connectivity index (χ0n) is 17.8. The maximum Gasteiger partial charge on any atom is 0.317 e. The summed E-state index contributed by atoms with van der Waals surface area (Å²) in [6.07, 6.45) is 4.31. The lowest BCUT2D eigenvalue weighted by Gasteiger charge is -2.45. The third kappa shape index (κ3) is 2.16. The van der Waals surface area contributed by atoms with Crippen molar-refractivity contribution in [1.29, 1.82) is 0 Å². The normalized spacial score (nSPS) is 48.6. The summed E-state index contributed by atoms with van der Waals surface area (Å²) in [5.74, 6) is -4.43. The van der Waals surface area contributed by atoms with Crippen LogP contribution in [0.25, 0.3) is 0 Å². The van der Waals surface area contributed by atoms with Gasteiger partial charge in [0.05, 0.1) is 5.92 Å². The fourth-order valence-electron chi connectivity index (χ4n) is 7.87. The molecule has 0 aromatic carbocycles. The molecule has 1 saturated heterocycles. The van der Waals surface area contributed by atoms with Gasteiger partial charge >= 0.3 is 23.9 Å². The van der Waals surface area contributed by atoms with E-state index in [0.29, 0.717) is 25.7 Å². The minimum Gasteiger partial charge on any atom is -0.481 e. The Kier molecular flexibility index (Phi) is 3.78. The predicted molar refractivity (Wildman–Crippen MR) is 104 cm³/mol. The molecule has 5 aliphatic rings. The Bertz CT molecular complexity index is 982. The van der Waals surface area contributed by atoms with Crippen molar-refractivity contribution in [1.82, 2.24) is 0 Å². The zero-order valence-corrected chi connectivity index (χ0v) is 17.8. The third-order valence-corrected chi connectivity index (χ3v) is 8.69. The monoisotopic (exact) mass is 430 g/mol. The highest BCUT2D eigenvalue weighted by atomic mass is 16.6. The first kappa shape index (κ1) is 20.3. The third-order valence-electron chi connectivity index (χ3n) is 8.69. The molecule has 4 aliphatic carbocycles. The molecule has 31 heavy (non-hydrogen) atoms. The molecule has 0 aromatic rings. The molecule has 0 aromatic heterocycles. The van der Waals surface area contributed by atoms with Crippen LogP contribution >= 0.6 is 0 Å². The number of hydrogen-bond donors (Lipinski definition) is 1. The van der Waals surface area contributed by atoms with E-state index in [1.807, 2.05) is 0 Å². The van der Waals surface area contributed by atoms with Gasteiger partial charge in [-0.05, 0) is 55.7 Å². The van der Waals surface area contributed by atoms with E-state index < -0.39 is 63.8 Å². The number of hydrogen-bond acceptors (Lipinski definition) is 7. The minimum atomic E-state index is -1.32. The van der Waals surface area contributed by atoms with Gasteiger partial charge in [0.2, 0.25) is 0 Å². The maximum absolute atomic E-state index is 13.2. The molecule has 0 unspecified atom stereocenters. The van der Waals surface area contributed by atoms with Gasteiger partial charge in [-0.2, -0.15) is 0 Å². The molecule has 1 heterocycles. The van der Waals surface area contributed by atoms with E-state index in [4.69, 9.17) is 14.2 Å². The van der Waals surface area contributed by atoms with Crippen LogP contribution in [0.4, 0.5) is 0 Å². The fourth-order valence-corrected chi connectivity index (χ4v) is 7.87. The highest BCUT2D eigenvalue weighted by Crippen LogP contribution is 2.78. The van der Waals surface area contributed by atoms with Crippen molar-refractivity contribution in [2.45, 2.75) is 63.8 Å². The molecule has 4 bridgehead atoms. The number of aliphatic carboxylic acids is 1. The molecule has 1 spiro atoms. The van der Waals surface area contributed by atoms with E-state index in [-0.39, 0.29) is 5.92 Å². The Hall–Kier alpha value is -2.64. The Morgan fingerprint density at radius 2 is 1.97 bits per heavy atom. The van der Waals surface area contributed by atoms with E-state index >= 15 is 0 Å². The number of ether oxygens (including phenoxy) is 3. The summed E-state index contributed by atoms with van der Waals surface area (Å²) in [4.78, 5) is 49.5. The van der Waals surface area contributed by atoms with E-state index in [2.05, 4.69) is 6.58 Å². The van der Waals surface area contributed by atoms with Crippen molar-refractivity contribution >= 4 is 23.9 Å². The number of carboxylic acids is 1. The standard InChI is InChI=1S/C23H26O8/c1-11-9-21-10-22(11,30-13(3)25)7-5-14(21)23-8-6-15(29-12(2)24)20(4,19(28)31-23)17(23)16(21)18(26)27/h6,8,14-17H,1,5,7,9-10H2,2-4H3,(H,26,27)/t14-,15+,16-,17-,20-,21+,22+,23-/m1/s1. The van der Waals surface area contributed by atoms with Gasteiger partial charge in [-0.3, -0.25) is 19.2 Å². The van der Waals surface area contributed by atoms with E-state index in [0.717, 1.165) is 5.57 Å². The molecule has 8 atom stereocenters. The number of carboxylic acid groups (broad SMARTS) is 1. The van der Waals surface area contributed by atoms with Crippen LogP contribution in [-0.2, 0) is 33.4 Å². The molecule has 1 aliphatic heterocycles. The lowest BCUT2D eigenvalue weighted by molar-refractivity contribution is -0.169. The average molecular weight is 430 g/mol. The van der Waals surface area contributed by atoms with Crippen molar-refractivity contribution in [2.75, 3.05) is 0 Å². The largest absolute Gasteiger partial charge is 0.481 e. The van der Waals surface area contributed by atoms with Crippen LogP contribution in [0.5, 0.6) is 0 Å². The Balaban J connectivity index is 1.69. The van der Waals surface area contributed by atoms with Crippen molar-refractivity contribution in [3.8, 4) is 0 Å². The van der Waals surface area contributed by atoms with E-state index in [1.165, 1.54) is 13.8 Å². The topological polar surface area (TPSA) is 116 Å². The van der Waals surface area contributed by atoms with E-state index in [9.17, 15) is 24.3 Å². The molecule has 1 N–H and O–H groups in total. The highest BCUT2D eigenvalue weighted by molar-refractivity contribution is 5.87. The maximum atomic E-state index is 13.2. The van der Waals surface area contributed by atoms with Gasteiger partial charge in [0, 0.05) is 25.7 Å². The molecule has 3 saturated carbocycles. The Labute approximate surface area is 179 Å². The van der Waals surface area contributed by atoms with Crippen molar-refractivity contribution in [2.24, 2.45) is 28.6 Å². The van der Waals surface area contributed by atoms with Crippen LogP contribution in [0.15, 0.2) is 24.3 Å². The van der Waals surface area contributed by atoms with Crippen LogP contribution in [0.1, 0.15) is 46.5 Å². The second kappa shape index (κ2) is 5.78. The zero-order chi connectivity index (χ0) is 22.6. The number of fused-ring (bicyclic) bond motifs is 1. The van der Waals surface area contributed by atoms with Gasteiger partial charge in [0.15, 0.2) is 0 Å². The second-order valence-corrected chi connectivity index (χ2v) is 10.1. The SMILES string of the molecule is C=C1C[C@]23C[C@@]1(OC(C)=O)CC[C@H]2[C@@]12C=C[C@H](OC(C)=O)[C@@](C)(C(=O)O1)[C@H]2[C@@H]3C(=O)O. The summed E-state index contributed by atoms with van der Waals surface area (Å²) in [5, 5.41) is 10.5. The van der Waals surface area contributed by atoms with Gasteiger partial charge in [0.1, 0.15) is 22.7 Å². The quantitative estimate of drug-likeness (QED) is 0.411. The summed E-state index contributed by atoms with van der Waals surface area (Å²) in [6, 6.07) is 0. The Morgan fingerprint density at radius 3 is 2.58 bits per heavy atom. The van der Waals surface area contributed by atoms with Crippen molar-refractivity contribution < 1.29 is 38.5 Å².